The molecule has 3 heterocycles. The molecule has 2 bridgehead atoms. The van der Waals surface area contributed by atoms with E-state index in [2.05, 4.69) is 20.9 Å². The van der Waals surface area contributed by atoms with Gasteiger partial charge in [0.25, 0.3) is 0 Å². The first-order valence-electron chi connectivity index (χ1n) is 11.4. The van der Waals surface area contributed by atoms with Gasteiger partial charge in [-0.2, -0.15) is 0 Å². The maximum Gasteiger partial charge on any atom is 0.225 e. The molecule has 4 aliphatic rings. The van der Waals surface area contributed by atoms with Gasteiger partial charge in [0, 0.05) is 37.4 Å². The van der Waals surface area contributed by atoms with Crippen LogP contribution in [0, 0.1) is 5.92 Å². The zero-order chi connectivity index (χ0) is 19.8. The van der Waals surface area contributed by atoms with Gasteiger partial charge >= 0.3 is 0 Å². The zero-order valence-corrected chi connectivity index (χ0v) is 17.5. The second kappa shape index (κ2) is 7.88. The Morgan fingerprint density at radius 2 is 2.21 bits per heavy atom. The first-order valence-corrected chi connectivity index (χ1v) is 11.4. The molecule has 6 heteroatoms. The van der Waals surface area contributed by atoms with E-state index in [9.17, 15) is 4.79 Å². The molecule has 1 unspecified atom stereocenters. The van der Waals surface area contributed by atoms with Crippen LogP contribution in [0.15, 0.2) is 18.5 Å². The van der Waals surface area contributed by atoms with Gasteiger partial charge in [-0.3, -0.25) is 14.7 Å². The average Bonchev–Trinajstić information content (AvgIpc) is 3.31. The Morgan fingerprint density at radius 1 is 1.31 bits per heavy atom. The van der Waals surface area contributed by atoms with Crippen molar-refractivity contribution in [1.82, 2.24) is 14.8 Å². The second-order valence-electron chi connectivity index (χ2n) is 9.44. The summed E-state index contributed by atoms with van der Waals surface area (Å²) < 4.78 is 11.9. The minimum atomic E-state index is -0.00381. The van der Waals surface area contributed by atoms with E-state index in [4.69, 9.17) is 9.47 Å². The predicted octanol–water partition coefficient (Wildman–Crippen LogP) is 3.00. The summed E-state index contributed by atoms with van der Waals surface area (Å²) in [4.78, 5) is 22.0. The van der Waals surface area contributed by atoms with Crippen molar-refractivity contribution in [2.45, 2.75) is 76.1 Å². The average molecular weight is 400 g/mol. The molecule has 4 fully saturated rings. The van der Waals surface area contributed by atoms with E-state index in [-0.39, 0.29) is 11.6 Å². The number of piperidine rings is 1. The molecule has 2 aliphatic heterocycles. The smallest absolute Gasteiger partial charge is 0.225 e. The van der Waals surface area contributed by atoms with Crippen molar-refractivity contribution in [1.29, 1.82) is 0 Å². The Labute approximate surface area is 173 Å². The van der Waals surface area contributed by atoms with E-state index in [1.165, 1.54) is 44.1 Å². The molecule has 2 aliphatic carbocycles. The van der Waals surface area contributed by atoms with E-state index in [0.29, 0.717) is 25.0 Å². The molecule has 1 aromatic heterocycles. The van der Waals surface area contributed by atoms with Crippen LogP contribution in [-0.4, -0.2) is 64.7 Å². The van der Waals surface area contributed by atoms with Crippen LogP contribution in [0.3, 0.4) is 0 Å². The Morgan fingerprint density at radius 3 is 2.90 bits per heavy atom. The summed E-state index contributed by atoms with van der Waals surface area (Å²) in [6.45, 7) is 6.03. The van der Waals surface area contributed by atoms with Gasteiger partial charge in [0.2, 0.25) is 5.91 Å². The summed E-state index contributed by atoms with van der Waals surface area (Å²) in [6.07, 6.45) is 11.6. The van der Waals surface area contributed by atoms with Gasteiger partial charge in [-0.25, -0.2) is 0 Å². The lowest BCUT2D eigenvalue weighted by Crippen LogP contribution is -2.62. The number of pyridine rings is 1. The van der Waals surface area contributed by atoms with Crippen molar-refractivity contribution in [3.63, 3.8) is 0 Å². The molecule has 0 aromatic carbocycles. The predicted molar refractivity (Wildman–Crippen MR) is 110 cm³/mol. The highest BCUT2D eigenvalue weighted by molar-refractivity contribution is 5.77. The summed E-state index contributed by atoms with van der Waals surface area (Å²) in [5, 5.41) is 0. The van der Waals surface area contributed by atoms with E-state index in [0.717, 1.165) is 37.9 Å². The fraction of sp³-hybridized carbons (Fsp3) is 0.739. The molecule has 29 heavy (non-hydrogen) atoms. The van der Waals surface area contributed by atoms with E-state index < -0.39 is 0 Å². The van der Waals surface area contributed by atoms with Crippen LogP contribution < -0.4 is 4.74 Å². The van der Waals surface area contributed by atoms with Gasteiger partial charge in [0.15, 0.2) is 0 Å². The molecule has 6 nitrogen and oxygen atoms in total. The van der Waals surface area contributed by atoms with Crippen LogP contribution in [0.2, 0.25) is 0 Å². The molecule has 5 rings (SSSR count). The monoisotopic (exact) mass is 399 g/mol. The lowest BCUT2D eigenvalue weighted by Gasteiger charge is -2.54. The number of likely N-dealkylation sites (tertiary alicyclic amines) is 1. The highest BCUT2D eigenvalue weighted by Gasteiger charge is 2.48. The van der Waals surface area contributed by atoms with Crippen molar-refractivity contribution in [2.24, 2.45) is 5.92 Å². The van der Waals surface area contributed by atoms with Gasteiger partial charge in [0.1, 0.15) is 5.75 Å². The van der Waals surface area contributed by atoms with Crippen LogP contribution in [0.5, 0.6) is 5.75 Å². The largest absolute Gasteiger partial charge is 0.492 e. The van der Waals surface area contributed by atoms with E-state index >= 15 is 0 Å². The van der Waals surface area contributed by atoms with Gasteiger partial charge in [0.05, 0.1) is 31.9 Å². The van der Waals surface area contributed by atoms with Gasteiger partial charge in [-0.15, -0.1) is 0 Å². The fourth-order valence-electron chi connectivity index (χ4n) is 5.82. The Kier molecular flexibility index (Phi) is 5.25. The fourth-order valence-corrected chi connectivity index (χ4v) is 5.82. The highest BCUT2D eigenvalue weighted by atomic mass is 16.5. The number of carbonyl (C=O) groups is 1. The number of nitrogens with zero attached hydrogens (tertiary/aromatic N) is 3. The Hall–Kier alpha value is -1.66. The molecule has 0 N–H and O–H groups in total. The number of hydrogen-bond donors (Lipinski definition) is 0. The summed E-state index contributed by atoms with van der Waals surface area (Å²) >= 11 is 0. The number of rotatable bonds is 6. The molecule has 1 aromatic rings. The van der Waals surface area contributed by atoms with Crippen molar-refractivity contribution in [3.05, 3.63) is 24.0 Å². The normalized spacial score (nSPS) is 30.5. The van der Waals surface area contributed by atoms with Crippen molar-refractivity contribution in [3.8, 4) is 5.75 Å². The third-order valence-electron chi connectivity index (χ3n) is 7.55. The minimum Gasteiger partial charge on any atom is -0.492 e. The number of aromatic nitrogens is 1. The Balaban J connectivity index is 1.24. The second-order valence-corrected chi connectivity index (χ2v) is 9.44. The third kappa shape index (κ3) is 3.77. The maximum atomic E-state index is 12.9. The molecule has 0 radical (unpaired) electrons. The lowest BCUT2D eigenvalue weighted by molar-refractivity contribution is -0.159. The number of hydrogen-bond acceptors (Lipinski definition) is 5. The van der Waals surface area contributed by atoms with Crippen LogP contribution in [0.4, 0.5) is 0 Å². The highest BCUT2D eigenvalue weighted by Crippen LogP contribution is 2.42. The summed E-state index contributed by atoms with van der Waals surface area (Å²) in [6, 6.07) is 2.59. The first-order chi connectivity index (χ1) is 14.1. The zero-order valence-electron chi connectivity index (χ0n) is 17.5. The molecule has 1 amide bonds. The summed E-state index contributed by atoms with van der Waals surface area (Å²) in [5.74, 6) is 1.87. The van der Waals surface area contributed by atoms with Crippen molar-refractivity contribution < 1.29 is 14.3 Å². The van der Waals surface area contributed by atoms with Crippen molar-refractivity contribution in [2.75, 3.05) is 26.3 Å². The molecule has 2 saturated heterocycles. The van der Waals surface area contributed by atoms with Crippen LogP contribution in [0.25, 0.3) is 0 Å². The molecular weight excluding hydrogens is 366 g/mol. The van der Waals surface area contributed by atoms with E-state index in [1.807, 2.05) is 13.1 Å². The maximum absolute atomic E-state index is 12.9. The number of morpholine rings is 1. The van der Waals surface area contributed by atoms with Crippen LogP contribution in [-0.2, 0) is 16.1 Å². The topological polar surface area (TPSA) is 54.9 Å². The Bertz CT molecular complexity index is 751. The van der Waals surface area contributed by atoms with Crippen LogP contribution in [0.1, 0.15) is 57.4 Å². The van der Waals surface area contributed by atoms with E-state index in [1.54, 1.807) is 6.20 Å². The quantitative estimate of drug-likeness (QED) is 0.736. The number of carbonyl (C=O) groups excluding carboxylic acids is 1. The number of ether oxygens (including phenoxy) is 2. The molecule has 1 spiro atoms. The first kappa shape index (κ1) is 19.3. The van der Waals surface area contributed by atoms with Crippen molar-refractivity contribution >= 4 is 5.91 Å². The minimum absolute atomic E-state index is 0.00381. The SMILES string of the molecule is CCOc1cncc(CN2CC(CC(=O)N3C[C@H]4CC[C@@H]3C4)OCC23CCC3)c1. The van der Waals surface area contributed by atoms with Crippen LogP contribution >= 0.6 is 0 Å². The van der Waals surface area contributed by atoms with Gasteiger partial charge in [-0.05, 0) is 63.0 Å². The standard InChI is InChI=1S/C23H33N3O3/c1-2-28-20-9-18(11-24-12-20)13-25-15-21(29-16-23(25)6-3-7-23)10-22(27)26-14-17-4-5-19(26)8-17/h9,11-12,17,19,21H,2-8,10,13-16H2,1H3/t17-,19+,21?/m0/s1. The third-order valence-corrected chi connectivity index (χ3v) is 7.55. The molecular formula is C23H33N3O3. The number of amides is 1. The number of fused-ring (bicyclic) bond motifs is 2. The van der Waals surface area contributed by atoms with Gasteiger partial charge < -0.3 is 14.4 Å². The lowest BCUT2D eigenvalue weighted by atomic mass is 9.74. The summed E-state index contributed by atoms with van der Waals surface area (Å²) in [5.41, 5.74) is 1.32. The summed E-state index contributed by atoms with van der Waals surface area (Å²) in [7, 11) is 0. The molecule has 3 atom stereocenters. The van der Waals surface area contributed by atoms with Gasteiger partial charge in [-0.1, -0.05) is 0 Å². The molecule has 2 saturated carbocycles. The molecule has 158 valence electrons.